The highest BCUT2D eigenvalue weighted by Crippen LogP contribution is 1.25. The van der Waals surface area contributed by atoms with Gasteiger partial charge in [0.1, 0.15) is 0 Å². The molecule has 0 heterocycles. The van der Waals surface area contributed by atoms with Crippen LogP contribution in [-0.4, -0.2) is 11.1 Å². The van der Waals surface area contributed by atoms with Gasteiger partial charge in [-0.3, -0.25) is 0 Å². The molecule has 0 aliphatic carbocycles. The molecule has 0 saturated heterocycles. The van der Waals surface area contributed by atoms with E-state index >= 15 is 0 Å². The van der Waals surface area contributed by atoms with Crippen LogP contribution < -0.4 is 17.2 Å². The van der Waals surface area contributed by atoms with Crippen molar-refractivity contribution in [3.05, 3.63) is 0 Å². The zero-order valence-electron chi connectivity index (χ0n) is 4.98. The maximum atomic E-state index is 9.00. The number of urea groups is 1. The van der Waals surface area contributed by atoms with Crippen LogP contribution in [0.5, 0.6) is 0 Å². The summed E-state index contributed by atoms with van der Waals surface area (Å²) in [6.45, 7) is 0. The van der Waals surface area contributed by atoms with Crippen molar-refractivity contribution in [2.45, 2.75) is 0 Å². The van der Waals surface area contributed by atoms with Crippen LogP contribution in [0.2, 0.25) is 0 Å². The van der Waals surface area contributed by atoms with Crippen LogP contribution >= 0.6 is 0 Å². The Labute approximate surface area is 57.2 Å². The van der Waals surface area contributed by atoms with Gasteiger partial charge in [-0.05, 0) is 0 Å². The molecule has 0 spiro atoms. The van der Waals surface area contributed by atoms with E-state index in [4.69, 9.17) is 20.4 Å². The number of nitriles is 2. The first-order valence-electron chi connectivity index (χ1n) is 1.74. The number of aliphatic hydroxyl groups excluding tert-OH is 1. The quantitative estimate of drug-likeness (QED) is 0.235. The van der Waals surface area contributed by atoms with Gasteiger partial charge in [0.15, 0.2) is 6.19 Å². The van der Waals surface area contributed by atoms with Crippen LogP contribution in [0.25, 0.3) is 0 Å². The Kier molecular flexibility index (Phi) is 45.2. The molecule has 0 rings (SSSR count). The van der Waals surface area contributed by atoms with Crippen LogP contribution in [0.15, 0.2) is 0 Å². The van der Waals surface area contributed by atoms with Crippen molar-refractivity contribution in [3.8, 4) is 12.4 Å². The van der Waals surface area contributed by atoms with Gasteiger partial charge in [0.25, 0.3) is 6.26 Å². The van der Waals surface area contributed by atoms with Crippen LogP contribution in [-0.2, 0) is 0 Å². The number of nitrogens with zero attached hydrogens (tertiary/aromatic N) is 2. The molecule has 0 aromatic carbocycles. The highest BCUT2D eigenvalue weighted by molar-refractivity contribution is 5.69. The summed E-state index contributed by atoms with van der Waals surface area (Å²) >= 11 is 0. The zero-order chi connectivity index (χ0) is 8.99. The molecule has 7 N–H and O–H groups in total. The molecule has 0 aromatic heterocycles. The summed E-state index contributed by atoms with van der Waals surface area (Å²) in [6.07, 6.45) is 2.00. The molecule has 0 atom stereocenters. The molecule has 0 bridgehead atoms. The normalized spacial score (nSPS) is 3.80. The van der Waals surface area contributed by atoms with Gasteiger partial charge in [-0.1, -0.05) is 0 Å². The summed E-state index contributed by atoms with van der Waals surface area (Å²) in [5, 5.41) is 20.8. The number of aliphatic hydroxyl groups is 1. The molecule has 0 radical (unpaired) electrons. The molecule has 0 fully saturated rings. The predicted octanol–water partition coefficient (Wildman–Crippen LogP) is -1.71. The summed E-state index contributed by atoms with van der Waals surface area (Å²) < 4.78 is 0. The minimum Gasteiger partial charge on any atom is -0.443 e. The highest BCUT2D eigenvalue weighted by Gasteiger charge is 1.60. The second kappa shape index (κ2) is 28.9. The predicted molar refractivity (Wildman–Crippen MR) is 31.1 cm³/mol. The second-order valence-corrected chi connectivity index (χ2v) is 0.631. The maximum absolute atomic E-state index is 9.00. The molecular formula is C3H7N5O2. The lowest BCUT2D eigenvalue weighted by Gasteiger charge is -1.62. The van der Waals surface area contributed by atoms with Crippen molar-refractivity contribution in [1.82, 2.24) is 0 Å². The Hall–Kier alpha value is -2.15. The molecule has 0 aliphatic heterocycles. The van der Waals surface area contributed by atoms with Crippen molar-refractivity contribution in [3.63, 3.8) is 0 Å². The van der Waals surface area contributed by atoms with Crippen LogP contribution in [0.3, 0.4) is 0 Å². The highest BCUT2D eigenvalue weighted by atomic mass is 16.2. The van der Waals surface area contributed by atoms with Crippen LogP contribution in [0.4, 0.5) is 4.79 Å². The van der Waals surface area contributed by atoms with E-state index in [1.54, 1.807) is 0 Å². The minimum absolute atomic E-state index is 0.750. The van der Waals surface area contributed by atoms with Gasteiger partial charge in [0.05, 0.1) is 0 Å². The van der Waals surface area contributed by atoms with E-state index in [0.717, 1.165) is 6.26 Å². The lowest BCUT2D eigenvalue weighted by Crippen LogP contribution is -2.18. The van der Waals surface area contributed by atoms with Crippen molar-refractivity contribution in [2.75, 3.05) is 0 Å². The average Bonchev–Trinajstić information content (AvgIpc) is 1.65. The Morgan fingerprint density at radius 2 is 1.40 bits per heavy atom. The lowest BCUT2D eigenvalue weighted by molar-refractivity contribution is 0.256. The summed E-state index contributed by atoms with van der Waals surface area (Å²) in [4.78, 5) is 9.00. The topological polar surface area (TPSA) is 163 Å². The third kappa shape index (κ3) is 29.8. The molecule has 10 heavy (non-hydrogen) atoms. The van der Waals surface area contributed by atoms with E-state index in [1.807, 2.05) is 0 Å². The van der Waals surface area contributed by atoms with Crippen molar-refractivity contribution in [1.29, 1.82) is 10.5 Å². The zero-order valence-corrected chi connectivity index (χ0v) is 4.98. The minimum atomic E-state index is -0.833. The molecule has 0 aromatic rings. The number of amides is 2. The monoisotopic (exact) mass is 145 g/mol. The number of carbonyl (C=O) groups is 1. The molecule has 7 nitrogen and oxygen atoms in total. The van der Waals surface area contributed by atoms with Gasteiger partial charge < -0.3 is 22.3 Å². The van der Waals surface area contributed by atoms with Crippen LogP contribution in [0.1, 0.15) is 0 Å². The number of hydrogen-bond donors (Lipinski definition) is 4. The smallest absolute Gasteiger partial charge is 0.309 e. The fourth-order valence-electron chi connectivity index (χ4n) is 0. The van der Waals surface area contributed by atoms with E-state index in [1.165, 1.54) is 6.19 Å². The van der Waals surface area contributed by atoms with Gasteiger partial charge in [-0.15, -0.1) is 0 Å². The fraction of sp³-hybridized carbons (Fsp3) is 0. The molecule has 56 valence electrons. The maximum Gasteiger partial charge on any atom is 0.309 e. The Bertz CT molecular complexity index is 126. The van der Waals surface area contributed by atoms with Gasteiger partial charge in [0, 0.05) is 0 Å². The van der Waals surface area contributed by atoms with Gasteiger partial charge in [-0.25, -0.2) is 4.79 Å². The molecule has 0 saturated carbocycles. The van der Waals surface area contributed by atoms with E-state index in [9.17, 15) is 0 Å². The number of nitrogens with two attached hydrogens (primary N) is 3. The molecule has 2 amide bonds. The van der Waals surface area contributed by atoms with E-state index in [0.29, 0.717) is 0 Å². The first-order chi connectivity index (χ1) is 4.56. The molecule has 7 heteroatoms. The van der Waals surface area contributed by atoms with E-state index < -0.39 is 6.03 Å². The SMILES string of the molecule is N#CN.N#CO.NC(N)=O. The summed E-state index contributed by atoms with van der Waals surface area (Å²) in [6, 6.07) is -0.833. The average molecular weight is 145 g/mol. The summed E-state index contributed by atoms with van der Waals surface area (Å²) in [5.41, 5.74) is 12.7. The van der Waals surface area contributed by atoms with E-state index in [2.05, 4.69) is 17.2 Å². The van der Waals surface area contributed by atoms with Gasteiger partial charge in [0.2, 0.25) is 0 Å². The number of hydrogen-bond acceptors (Lipinski definition) is 5. The number of rotatable bonds is 0. The van der Waals surface area contributed by atoms with Crippen LogP contribution in [0, 0.1) is 23.0 Å². The lowest BCUT2D eigenvalue weighted by atomic mass is 11.2. The second-order valence-electron chi connectivity index (χ2n) is 0.631. The standard InChI is InChI=1S/CH4N2O.CH2N2.CHNO/c2-1(3)4;2*2-1-3/h(H4,2,3,4);2H2;3H. The first kappa shape index (κ1) is 15.7. The van der Waals surface area contributed by atoms with Crippen molar-refractivity contribution in [2.24, 2.45) is 17.2 Å². The van der Waals surface area contributed by atoms with Gasteiger partial charge in [-0.2, -0.15) is 10.5 Å². The molecule has 0 unspecified atom stereocenters. The third-order valence-electron chi connectivity index (χ3n) is 0. The van der Waals surface area contributed by atoms with Crippen molar-refractivity contribution < 1.29 is 9.90 Å². The number of primary amides is 2. The van der Waals surface area contributed by atoms with Crippen molar-refractivity contribution >= 4 is 6.03 Å². The third-order valence-corrected chi connectivity index (χ3v) is 0. The first-order valence-corrected chi connectivity index (χ1v) is 1.74. The molecule has 0 aliphatic rings. The Balaban J connectivity index is -0.0000000750. The molecular weight excluding hydrogens is 138 g/mol. The Morgan fingerprint density at radius 1 is 1.40 bits per heavy atom. The number of carbonyl (C=O) groups excluding carboxylic acids is 1. The largest absolute Gasteiger partial charge is 0.443 e. The van der Waals surface area contributed by atoms with E-state index in [-0.39, 0.29) is 0 Å². The summed E-state index contributed by atoms with van der Waals surface area (Å²) in [7, 11) is 0. The summed E-state index contributed by atoms with van der Waals surface area (Å²) in [5.74, 6) is 0. The van der Waals surface area contributed by atoms with Gasteiger partial charge >= 0.3 is 6.03 Å². The Morgan fingerprint density at radius 3 is 1.40 bits per heavy atom. The fourth-order valence-corrected chi connectivity index (χ4v) is 0.